The van der Waals surface area contributed by atoms with Crippen LogP contribution in [0.25, 0.3) is 0 Å². The Hall–Kier alpha value is -1.42. The summed E-state index contributed by atoms with van der Waals surface area (Å²) < 4.78 is 15.1. The smallest absolute Gasteiger partial charge is 0.342 e. The number of benzene rings is 1. The summed E-state index contributed by atoms with van der Waals surface area (Å²) >= 11 is 5.86. The Kier molecular flexibility index (Phi) is 4.43. The Morgan fingerprint density at radius 2 is 2.00 bits per heavy atom. The molecule has 0 N–H and O–H groups in total. The Morgan fingerprint density at radius 1 is 1.31 bits per heavy atom. The van der Waals surface area contributed by atoms with E-state index in [1.807, 2.05) is 0 Å². The molecule has 0 aromatic heterocycles. The summed E-state index contributed by atoms with van der Waals surface area (Å²) in [4.78, 5) is 11.6. The van der Waals surface area contributed by atoms with Crippen LogP contribution in [0.15, 0.2) is 12.1 Å². The minimum absolute atomic E-state index is 0.258. The molecule has 0 unspecified atom stereocenters. The molecule has 0 radical (unpaired) electrons. The highest BCUT2D eigenvalue weighted by Crippen LogP contribution is 2.34. The second kappa shape index (κ2) is 5.61. The fourth-order valence-electron chi connectivity index (χ4n) is 1.29. The van der Waals surface area contributed by atoms with Crippen LogP contribution in [0.5, 0.6) is 11.5 Å². The van der Waals surface area contributed by atoms with Gasteiger partial charge in [-0.2, -0.15) is 0 Å². The van der Waals surface area contributed by atoms with E-state index in [0.29, 0.717) is 16.5 Å². The third-order valence-corrected chi connectivity index (χ3v) is 2.16. The molecule has 1 aromatic carbocycles. The SMILES string of the molecule is CCOC(=O)c1cc(Cl)cc(OC)c1OC. The van der Waals surface area contributed by atoms with Gasteiger partial charge in [-0.05, 0) is 13.0 Å². The van der Waals surface area contributed by atoms with Crippen molar-refractivity contribution in [3.63, 3.8) is 0 Å². The van der Waals surface area contributed by atoms with Crippen LogP contribution in [-0.2, 0) is 4.74 Å². The Morgan fingerprint density at radius 3 is 2.50 bits per heavy atom. The topological polar surface area (TPSA) is 44.8 Å². The summed E-state index contributed by atoms with van der Waals surface area (Å²) in [6.45, 7) is 2.02. The van der Waals surface area contributed by atoms with Crippen LogP contribution in [0.1, 0.15) is 17.3 Å². The molecule has 1 rings (SSSR count). The van der Waals surface area contributed by atoms with Crippen LogP contribution in [0.2, 0.25) is 5.02 Å². The van der Waals surface area contributed by atoms with E-state index in [2.05, 4.69) is 0 Å². The number of rotatable bonds is 4. The van der Waals surface area contributed by atoms with Crippen LogP contribution in [0, 0.1) is 0 Å². The summed E-state index contributed by atoms with van der Waals surface area (Å²) in [5.41, 5.74) is 0.258. The molecule has 88 valence electrons. The number of halogens is 1. The molecule has 16 heavy (non-hydrogen) atoms. The molecule has 0 aliphatic carbocycles. The zero-order chi connectivity index (χ0) is 12.1. The van der Waals surface area contributed by atoms with Crippen molar-refractivity contribution in [2.75, 3.05) is 20.8 Å². The van der Waals surface area contributed by atoms with Gasteiger partial charge in [-0.25, -0.2) is 4.79 Å². The van der Waals surface area contributed by atoms with Crippen molar-refractivity contribution in [2.45, 2.75) is 6.92 Å². The minimum atomic E-state index is -0.486. The summed E-state index contributed by atoms with van der Waals surface area (Å²) in [5, 5.41) is 0.390. The van der Waals surface area contributed by atoms with E-state index >= 15 is 0 Å². The van der Waals surface area contributed by atoms with Gasteiger partial charge < -0.3 is 14.2 Å². The van der Waals surface area contributed by atoms with Crippen molar-refractivity contribution in [3.05, 3.63) is 22.7 Å². The van der Waals surface area contributed by atoms with E-state index in [1.165, 1.54) is 20.3 Å². The lowest BCUT2D eigenvalue weighted by molar-refractivity contribution is 0.0522. The molecule has 0 aliphatic rings. The first kappa shape index (κ1) is 12.6. The predicted molar refractivity (Wildman–Crippen MR) is 60.5 cm³/mol. The predicted octanol–water partition coefficient (Wildman–Crippen LogP) is 2.53. The summed E-state index contributed by atoms with van der Waals surface area (Å²) in [6, 6.07) is 3.06. The number of carbonyl (C=O) groups excluding carboxylic acids is 1. The van der Waals surface area contributed by atoms with Gasteiger partial charge in [-0.1, -0.05) is 11.6 Å². The molecule has 0 heterocycles. The molecule has 0 saturated carbocycles. The Bertz CT molecular complexity index is 390. The summed E-state index contributed by atoms with van der Waals surface area (Å²) in [6.07, 6.45) is 0. The number of esters is 1. The van der Waals surface area contributed by atoms with Gasteiger partial charge >= 0.3 is 5.97 Å². The molecular formula is C11H13ClO4. The van der Waals surface area contributed by atoms with Crippen molar-refractivity contribution in [1.29, 1.82) is 0 Å². The van der Waals surface area contributed by atoms with Gasteiger partial charge in [0.25, 0.3) is 0 Å². The van der Waals surface area contributed by atoms with Crippen molar-refractivity contribution < 1.29 is 19.0 Å². The van der Waals surface area contributed by atoms with Gasteiger partial charge in [0.05, 0.1) is 20.8 Å². The van der Waals surface area contributed by atoms with Crippen LogP contribution >= 0.6 is 11.6 Å². The molecule has 0 bridgehead atoms. The monoisotopic (exact) mass is 244 g/mol. The molecule has 0 saturated heterocycles. The highest BCUT2D eigenvalue weighted by Gasteiger charge is 2.18. The van der Waals surface area contributed by atoms with Crippen molar-refractivity contribution in [1.82, 2.24) is 0 Å². The second-order valence-corrected chi connectivity index (χ2v) is 3.35. The lowest BCUT2D eigenvalue weighted by atomic mass is 10.2. The third kappa shape index (κ3) is 2.58. The van der Waals surface area contributed by atoms with Crippen LogP contribution in [0.4, 0.5) is 0 Å². The molecule has 1 aromatic rings. The summed E-state index contributed by atoms with van der Waals surface area (Å²) in [7, 11) is 2.93. The van der Waals surface area contributed by atoms with E-state index in [4.69, 9.17) is 25.8 Å². The fraction of sp³-hybridized carbons (Fsp3) is 0.364. The van der Waals surface area contributed by atoms with E-state index < -0.39 is 5.97 Å². The molecule has 0 fully saturated rings. The maximum atomic E-state index is 11.6. The van der Waals surface area contributed by atoms with Gasteiger partial charge in [0.15, 0.2) is 11.5 Å². The van der Waals surface area contributed by atoms with Gasteiger partial charge in [-0.3, -0.25) is 0 Å². The molecule has 5 heteroatoms. The van der Waals surface area contributed by atoms with E-state index in [-0.39, 0.29) is 12.2 Å². The Balaban J connectivity index is 3.24. The van der Waals surface area contributed by atoms with Crippen molar-refractivity contribution >= 4 is 17.6 Å². The first-order valence-corrected chi connectivity index (χ1v) is 5.10. The van der Waals surface area contributed by atoms with E-state index in [0.717, 1.165) is 0 Å². The lowest BCUT2D eigenvalue weighted by Crippen LogP contribution is -2.07. The molecular weight excluding hydrogens is 232 g/mol. The van der Waals surface area contributed by atoms with Gasteiger partial charge in [0.1, 0.15) is 5.56 Å². The maximum Gasteiger partial charge on any atom is 0.342 e. The quantitative estimate of drug-likeness (QED) is 0.764. The first-order chi connectivity index (χ1) is 7.63. The zero-order valence-corrected chi connectivity index (χ0v) is 10.1. The number of carbonyl (C=O) groups is 1. The molecule has 0 spiro atoms. The number of ether oxygens (including phenoxy) is 3. The zero-order valence-electron chi connectivity index (χ0n) is 9.37. The van der Waals surface area contributed by atoms with Crippen LogP contribution in [-0.4, -0.2) is 26.8 Å². The minimum Gasteiger partial charge on any atom is -0.493 e. The Labute approximate surface area is 99.1 Å². The molecule has 0 atom stereocenters. The van der Waals surface area contributed by atoms with Gasteiger partial charge in [0.2, 0.25) is 0 Å². The van der Waals surface area contributed by atoms with Crippen molar-refractivity contribution in [2.24, 2.45) is 0 Å². The third-order valence-electron chi connectivity index (χ3n) is 1.94. The van der Waals surface area contributed by atoms with Crippen LogP contribution in [0.3, 0.4) is 0 Å². The first-order valence-electron chi connectivity index (χ1n) is 4.72. The van der Waals surface area contributed by atoms with E-state index in [9.17, 15) is 4.79 Å². The average Bonchev–Trinajstić information content (AvgIpc) is 2.28. The molecule has 4 nitrogen and oxygen atoms in total. The van der Waals surface area contributed by atoms with Crippen molar-refractivity contribution in [3.8, 4) is 11.5 Å². The highest BCUT2D eigenvalue weighted by molar-refractivity contribution is 6.31. The van der Waals surface area contributed by atoms with Gasteiger partial charge in [-0.15, -0.1) is 0 Å². The standard InChI is InChI=1S/C11H13ClO4/c1-4-16-11(13)8-5-7(12)6-9(14-2)10(8)15-3/h5-6H,4H2,1-3H3. The normalized spacial score (nSPS) is 9.75. The van der Waals surface area contributed by atoms with E-state index in [1.54, 1.807) is 13.0 Å². The largest absolute Gasteiger partial charge is 0.493 e. The molecule has 0 aliphatic heterocycles. The number of hydrogen-bond acceptors (Lipinski definition) is 4. The number of hydrogen-bond donors (Lipinski definition) is 0. The second-order valence-electron chi connectivity index (χ2n) is 2.91. The highest BCUT2D eigenvalue weighted by atomic mass is 35.5. The number of methoxy groups -OCH3 is 2. The summed E-state index contributed by atoms with van der Waals surface area (Å²) in [5.74, 6) is 0.239. The maximum absolute atomic E-state index is 11.6. The van der Waals surface area contributed by atoms with Crippen LogP contribution < -0.4 is 9.47 Å². The lowest BCUT2D eigenvalue weighted by Gasteiger charge is -2.12. The average molecular weight is 245 g/mol. The molecule has 0 amide bonds. The van der Waals surface area contributed by atoms with Gasteiger partial charge in [0, 0.05) is 11.1 Å². The fourth-order valence-corrected chi connectivity index (χ4v) is 1.50.